The van der Waals surface area contributed by atoms with E-state index in [-0.39, 0.29) is 6.04 Å². The van der Waals surface area contributed by atoms with Crippen LogP contribution in [-0.4, -0.2) is 7.05 Å². The van der Waals surface area contributed by atoms with Crippen molar-refractivity contribution in [3.05, 3.63) is 58.6 Å². The number of nitrogen functional groups attached to an aromatic ring is 1. The fraction of sp³-hybridized carbons (Fsp3) is 0.188. The molecule has 2 aromatic carbocycles. The Bertz CT molecular complexity index is 661. The van der Waals surface area contributed by atoms with Crippen molar-refractivity contribution in [1.82, 2.24) is 0 Å². The summed E-state index contributed by atoms with van der Waals surface area (Å²) in [5.41, 5.74) is 9.07. The lowest BCUT2D eigenvalue weighted by atomic mass is 10.0. The predicted molar refractivity (Wildman–Crippen MR) is 83.8 cm³/mol. The highest BCUT2D eigenvalue weighted by Gasteiger charge is 2.16. The maximum Gasteiger partial charge on any atom is 0.101 e. The van der Waals surface area contributed by atoms with Crippen molar-refractivity contribution in [2.45, 2.75) is 13.0 Å². The fourth-order valence-corrected chi connectivity index (χ4v) is 2.31. The molecule has 2 N–H and O–H groups in total. The molecule has 1 unspecified atom stereocenters. The van der Waals surface area contributed by atoms with Gasteiger partial charge in [0.2, 0.25) is 0 Å². The average Bonchev–Trinajstić information content (AvgIpc) is 2.45. The predicted octanol–water partition coefficient (Wildman–Crippen LogP) is 3.99. The molecule has 0 amide bonds. The molecule has 1 atom stereocenters. The first-order valence-electron chi connectivity index (χ1n) is 6.31. The van der Waals surface area contributed by atoms with Crippen molar-refractivity contribution in [2.24, 2.45) is 0 Å². The number of nitriles is 1. The molecule has 0 heterocycles. The highest BCUT2D eigenvalue weighted by Crippen LogP contribution is 2.30. The van der Waals surface area contributed by atoms with Crippen molar-refractivity contribution >= 4 is 23.0 Å². The summed E-state index contributed by atoms with van der Waals surface area (Å²) < 4.78 is 0. The Labute approximate surface area is 124 Å². The van der Waals surface area contributed by atoms with E-state index in [1.54, 1.807) is 12.1 Å². The molecule has 0 saturated carbocycles. The van der Waals surface area contributed by atoms with Gasteiger partial charge in [-0.2, -0.15) is 5.26 Å². The molecule has 0 spiro atoms. The van der Waals surface area contributed by atoms with E-state index in [1.807, 2.05) is 42.3 Å². The summed E-state index contributed by atoms with van der Waals surface area (Å²) in [6.45, 7) is 2.07. The molecule has 102 valence electrons. The summed E-state index contributed by atoms with van der Waals surface area (Å²) in [6.07, 6.45) is 0. The standard InChI is InChI=1S/C16H16ClN3/c1-11(12-4-3-5-15(19)8-12)20(2)16-9-14(17)7-6-13(16)10-18/h3-9,11H,19H2,1-2H3. The van der Waals surface area contributed by atoms with Gasteiger partial charge in [0.25, 0.3) is 0 Å². The second kappa shape index (κ2) is 5.85. The van der Waals surface area contributed by atoms with Crippen LogP contribution in [0.25, 0.3) is 0 Å². The van der Waals surface area contributed by atoms with Crippen LogP contribution in [0, 0.1) is 11.3 Å². The molecule has 0 radical (unpaired) electrons. The summed E-state index contributed by atoms with van der Waals surface area (Å²) in [6, 6.07) is 15.3. The second-order valence-corrected chi connectivity index (χ2v) is 5.17. The number of benzene rings is 2. The average molecular weight is 286 g/mol. The second-order valence-electron chi connectivity index (χ2n) is 4.73. The van der Waals surface area contributed by atoms with Gasteiger partial charge >= 0.3 is 0 Å². The summed E-state index contributed by atoms with van der Waals surface area (Å²) in [4.78, 5) is 2.03. The minimum absolute atomic E-state index is 0.0871. The van der Waals surface area contributed by atoms with Gasteiger partial charge in [0, 0.05) is 17.8 Å². The molecule has 3 nitrogen and oxygen atoms in total. The van der Waals surface area contributed by atoms with Crippen molar-refractivity contribution in [3.63, 3.8) is 0 Å². The molecule has 0 saturated heterocycles. The molecule has 0 aliphatic carbocycles. The first-order chi connectivity index (χ1) is 9.52. The van der Waals surface area contributed by atoms with Gasteiger partial charge in [0.15, 0.2) is 0 Å². The molecule has 2 rings (SSSR count). The van der Waals surface area contributed by atoms with Crippen LogP contribution in [-0.2, 0) is 0 Å². The minimum atomic E-state index is 0.0871. The number of anilines is 2. The van der Waals surface area contributed by atoms with Crippen molar-refractivity contribution < 1.29 is 0 Å². The van der Waals surface area contributed by atoms with Gasteiger partial charge in [-0.05, 0) is 42.8 Å². The molecule has 4 heteroatoms. The number of nitrogens with zero attached hydrogens (tertiary/aromatic N) is 2. The molecule has 0 bridgehead atoms. The Kier molecular flexibility index (Phi) is 4.16. The molecule has 0 aliphatic heterocycles. The smallest absolute Gasteiger partial charge is 0.101 e. The van der Waals surface area contributed by atoms with Gasteiger partial charge in [0.1, 0.15) is 6.07 Å². The fourth-order valence-electron chi connectivity index (χ4n) is 2.14. The number of hydrogen-bond acceptors (Lipinski definition) is 3. The van der Waals surface area contributed by atoms with E-state index in [1.165, 1.54) is 0 Å². The number of halogens is 1. The molecule has 20 heavy (non-hydrogen) atoms. The zero-order valence-electron chi connectivity index (χ0n) is 11.5. The quantitative estimate of drug-likeness (QED) is 0.868. The van der Waals surface area contributed by atoms with E-state index in [2.05, 4.69) is 13.0 Å². The van der Waals surface area contributed by atoms with Crippen LogP contribution in [0.2, 0.25) is 5.02 Å². The Morgan fingerprint density at radius 2 is 2.00 bits per heavy atom. The van der Waals surface area contributed by atoms with Crippen LogP contribution in [0.3, 0.4) is 0 Å². The highest BCUT2D eigenvalue weighted by molar-refractivity contribution is 6.30. The molecular weight excluding hydrogens is 270 g/mol. The van der Waals surface area contributed by atoms with Crippen molar-refractivity contribution in [1.29, 1.82) is 5.26 Å². The molecule has 0 aliphatic rings. The first-order valence-corrected chi connectivity index (χ1v) is 6.68. The summed E-state index contributed by atoms with van der Waals surface area (Å²) in [5, 5.41) is 9.83. The van der Waals surface area contributed by atoms with E-state index in [0.717, 1.165) is 16.9 Å². The van der Waals surface area contributed by atoms with Crippen LogP contribution in [0.4, 0.5) is 11.4 Å². The Balaban J connectivity index is 2.38. The third-order valence-electron chi connectivity index (χ3n) is 3.43. The van der Waals surface area contributed by atoms with Gasteiger partial charge in [-0.3, -0.25) is 0 Å². The van der Waals surface area contributed by atoms with Gasteiger partial charge in [-0.15, -0.1) is 0 Å². The Hall–Kier alpha value is -2.18. The molecule has 0 fully saturated rings. The van der Waals surface area contributed by atoms with Crippen LogP contribution in [0.5, 0.6) is 0 Å². The minimum Gasteiger partial charge on any atom is -0.399 e. The van der Waals surface area contributed by atoms with E-state index in [0.29, 0.717) is 10.6 Å². The lowest BCUT2D eigenvalue weighted by molar-refractivity contribution is 0.739. The molecule has 0 aromatic heterocycles. The van der Waals surface area contributed by atoms with Gasteiger partial charge in [0.05, 0.1) is 17.3 Å². The van der Waals surface area contributed by atoms with E-state index in [4.69, 9.17) is 17.3 Å². The lowest BCUT2D eigenvalue weighted by Gasteiger charge is -2.28. The van der Waals surface area contributed by atoms with E-state index < -0.39 is 0 Å². The van der Waals surface area contributed by atoms with E-state index >= 15 is 0 Å². The largest absolute Gasteiger partial charge is 0.399 e. The normalized spacial score (nSPS) is 11.7. The molecular formula is C16H16ClN3. The van der Waals surface area contributed by atoms with Gasteiger partial charge in [-0.25, -0.2) is 0 Å². The summed E-state index contributed by atoms with van der Waals surface area (Å²) >= 11 is 6.04. The maximum absolute atomic E-state index is 9.21. The molecule has 2 aromatic rings. The van der Waals surface area contributed by atoms with Crippen LogP contribution < -0.4 is 10.6 Å². The summed E-state index contributed by atoms with van der Waals surface area (Å²) in [7, 11) is 1.94. The van der Waals surface area contributed by atoms with Gasteiger partial charge in [-0.1, -0.05) is 23.7 Å². The highest BCUT2D eigenvalue weighted by atomic mass is 35.5. The first kappa shape index (κ1) is 14.2. The SMILES string of the molecule is CC(c1cccc(N)c1)N(C)c1cc(Cl)ccc1C#N. The van der Waals surface area contributed by atoms with Crippen LogP contribution >= 0.6 is 11.6 Å². The van der Waals surface area contributed by atoms with Gasteiger partial charge < -0.3 is 10.6 Å². The monoisotopic (exact) mass is 285 g/mol. The van der Waals surface area contributed by atoms with Crippen molar-refractivity contribution in [2.75, 3.05) is 17.7 Å². The lowest BCUT2D eigenvalue weighted by Crippen LogP contribution is -2.22. The third-order valence-corrected chi connectivity index (χ3v) is 3.67. The number of rotatable bonds is 3. The number of hydrogen-bond donors (Lipinski definition) is 1. The summed E-state index contributed by atoms with van der Waals surface area (Å²) in [5.74, 6) is 0. The zero-order valence-corrected chi connectivity index (χ0v) is 12.2. The Morgan fingerprint density at radius 1 is 1.25 bits per heavy atom. The van der Waals surface area contributed by atoms with Crippen LogP contribution in [0.15, 0.2) is 42.5 Å². The van der Waals surface area contributed by atoms with Crippen LogP contribution in [0.1, 0.15) is 24.1 Å². The third kappa shape index (κ3) is 2.87. The number of nitrogens with two attached hydrogens (primary N) is 1. The van der Waals surface area contributed by atoms with E-state index in [9.17, 15) is 5.26 Å². The topological polar surface area (TPSA) is 53.0 Å². The maximum atomic E-state index is 9.21. The Morgan fingerprint density at radius 3 is 2.65 bits per heavy atom. The van der Waals surface area contributed by atoms with Crippen molar-refractivity contribution in [3.8, 4) is 6.07 Å². The zero-order chi connectivity index (χ0) is 14.7.